The van der Waals surface area contributed by atoms with Crippen molar-refractivity contribution in [3.8, 4) is 0 Å². The average molecular weight is 294 g/mol. The van der Waals surface area contributed by atoms with Gasteiger partial charge in [-0.25, -0.2) is 0 Å². The largest absolute Gasteiger partial charge is 0.401 e. The topological polar surface area (TPSA) is 55.2 Å². The van der Waals surface area contributed by atoms with Gasteiger partial charge in [0, 0.05) is 12.6 Å². The van der Waals surface area contributed by atoms with Crippen LogP contribution in [0.15, 0.2) is 23.1 Å². The molecule has 0 aliphatic carbocycles. The zero-order valence-electron chi connectivity index (χ0n) is 10.2. The van der Waals surface area contributed by atoms with Gasteiger partial charge in [-0.15, -0.1) is 11.8 Å². The van der Waals surface area contributed by atoms with Crippen LogP contribution in [0.3, 0.4) is 0 Å². The quantitative estimate of drug-likeness (QED) is 0.496. The molecule has 0 aliphatic rings. The first-order chi connectivity index (χ1) is 8.83. The van der Waals surface area contributed by atoms with E-state index in [2.05, 4.69) is 5.32 Å². The van der Waals surface area contributed by atoms with Crippen molar-refractivity contribution in [3.63, 3.8) is 0 Å². The van der Waals surface area contributed by atoms with Crippen molar-refractivity contribution in [1.82, 2.24) is 5.32 Å². The lowest BCUT2D eigenvalue weighted by molar-refractivity contribution is -0.387. The van der Waals surface area contributed by atoms with Gasteiger partial charge in [0.2, 0.25) is 0 Å². The molecule has 0 amide bonds. The van der Waals surface area contributed by atoms with Crippen LogP contribution in [0.25, 0.3) is 0 Å². The molecule has 1 aromatic rings. The highest BCUT2D eigenvalue weighted by Gasteiger charge is 2.26. The third-order valence-corrected chi connectivity index (χ3v) is 3.12. The monoisotopic (exact) mass is 294 g/mol. The predicted molar refractivity (Wildman–Crippen MR) is 67.3 cm³/mol. The maximum Gasteiger partial charge on any atom is 0.401 e. The number of rotatable bonds is 6. The molecule has 0 fully saturated rings. The van der Waals surface area contributed by atoms with Crippen molar-refractivity contribution in [1.29, 1.82) is 0 Å². The van der Waals surface area contributed by atoms with Crippen LogP contribution >= 0.6 is 11.8 Å². The second-order valence-corrected chi connectivity index (χ2v) is 5.02. The predicted octanol–water partition coefficient (Wildman–Crippen LogP) is 3.36. The molecule has 0 bridgehead atoms. The van der Waals surface area contributed by atoms with Crippen molar-refractivity contribution in [2.45, 2.75) is 24.5 Å². The fourth-order valence-electron chi connectivity index (χ4n) is 1.44. The highest BCUT2D eigenvalue weighted by atomic mass is 32.2. The zero-order chi connectivity index (χ0) is 14.5. The highest BCUT2D eigenvalue weighted by molar-refractivity contribution is 7.99. The van der Waals surface area contributed by atoms with E-state index in [0.717, 1.165) is 0 Å². The average Bonchev–Trinajstić information content (AvgIpc) is 2.29. The lowest BCUT2D eigenvalue weighted by atomic mass is 10.2. The summed E-state index contributed by atoms with van der Waals surface area (Å²) < 4.78 is 35.9. The fraction of sp³-hybridized carbons (Fsp3) is 0.455. The van der Waals surface area contributed by atoms with Crippen molar-refractivity contribution in [2.24, 2.45) is 0 Å². The maximum atomic E-state index is 12.0. The molecule has 4 nitrogen and oxygen atoms in total. The Morgan fingerprint density at radius 2 is 2.11 bits per heavy atom. The standard InChI is InChI=1S/C11H13F3N2O2S/c1-2-19-10-4-3-8(5-9(10)16(17)18)6-15-7-11(12,13)14/h3-5,15H,2,6-7H2,1H3. The molecule has 0 aromatic heterocycles. The van der Waals surface area contributed by atoms with E-state index in [1.165, 1.54) is 17.8 Å². The molecule has 0 aliphatic heterocycles. The van der Waals surface area contributed by atoms with Gasteiger partial charge >= 0.3 is 6.18 Å². The summed E-state index contributed by atoms with van der Waals surface area (Å²) in [6, 6.07) is 4.46. The number of nitro groups is 1. The van der Waals surface area contributed by atoms with E-state index < -0.39 is 17.6 Å². The van der Waals surface area contributed by atoms with Crippen molar-refractivity contribution in [3.05, 3.63) is 33.9 Å². The second kappa shape index (κ2) is 6.76. The van der Waals surface area contributed by atoms with E-state index >= 15 is 0 Å². The van der Waals surface area contributed by atoms with Gasteiger partial charge in [-0.1, -0.05) is 13.0 Å². The van der Waals surface area contributed by atoms with Gasteiger partial charge in [0.25, 0.3) is 5.69 Å². The number of nitrogens with zero attached hydrogens (tertiary/aromatic N) is 1. The SMILES string of the molecule is CCSc1ccc(CNCC(F)(F)F)cc1[N+](=O)[O-]. The maximum absolute atomic E-state index is 12.0. The number of alkyl halides is 3. The van der Waals surface area contributed by atoms with Crippen molar-refractivity contribution < 1.29 is 18.1 Å². The van der Waals surface area contributed by atoms with Gasteiger partial charge in [-0.2, -0.15) is 13.2 Å². The van der Waals surface area contributed by atoms with Crippen LogP contribution < -0.4 is 5.32 Å². The molecule has 1 rings (SSSR count). The minimum atomic E-state index is -4.29. The molecule has 19 heavy (non-hydrogen) atoms. The third-order valence-electron chi connectivity index (χ3n) is 2.17. The molecule has 1 aromatic carbocycles. The molecular weight excluding hydrogens is 281 g/mol. The fourth-order valence-corrected chi connectivity index (χ4v) is 2.20. The lowest BCUT2D eigenvalue weighted by Gasteiger charge is -2.09. The molecule has 0 heterocycles. The zero-order valence-corrected chi connectivity index (χ0v) is 11.0. The van der Waals surface area contributed by atoms with E-state index in [1.807, 2.05) is 6.92 Å². The number of hydrogen-bond donors (Lipinski definition) is 1. The summed E-state index contributed by atoms with van der Waals surface area (Å²) in [7, 11) is 0. The van der Waals surface area contributed by atoms with E-state index in [4.69, 9.17) is 0 Å². The number of nitro benzene ring substituents is 1. The van der Waals surface area contributed by atoms with Crippen LogP contribution in [0.4, 0.5) is 18.9 Å². The van der Waals surface area contributed by atoms with E-state index in [9.17, 15) is 23.3 Å². The Hall–Kier alpha value is -1.28. The Labute approximate surface area is 112 Å². The van der Waals surface area contributed by atoms with Crippen LogP contribution in [0.2, 0.25) is 0 Å². The Balaban J connectivity index is 2.75. The minimum absolute atomic E-state index is 0.0581. The summed E-state index contributed by atoms with van der Waals surface area (Å²) in [5, 5.41) is 13.1. The van der Waals surface area contributed by atoms with E-state index in [-0.39, 0.29) is 12.2 Å². The van der Waals surface area contributed by atoms with Crippen LogP contribution in [0.5, 0.6) is 0 Å². The summed E-state index contributed by atoms with van der Waals surface area (Å²) in [5.41, 5.74) is 0.384. The summed E-state index contributed by atoms with van der Waals surface area (Å²) in [6.07, 6.45) is -4.29. The van der Waals surface area contributed by atoms with E-state index in [1.54, 1.807) is 12.1 Å². The summed E-state index contributed by atoms with van der Waals surface area (Å²) in [6.45, 7) is 0.691. The Bertz CT molecular complexity index is 452. The van der Waals surface area contributed by atoms with Crippen LogP contribution in [-0.2, 0) is 6.54 Å². The van der Waals surface area contributed by atoms with Gasteiger partial charge in [-0.3, -0.25) is 10.1 Å². The highest BCUT2D eigenvalue weighted by Crippen LogP contribution is 2.29. The number of benzene rings is 1. The molecule has 1 N–H and O–H groups in total. The molecule has 106 valence electrons. The van der Waals surface area contributed by atoms with Gasteiger partial charge in [-0.05, 0) is 17.4 Å². The van der Waals surface area contributed by atoms with Crippen LogP contribution in [0.1, 0.15) is 12.5 Å². The van der Waals surface area contributed by atoms with E-state index in [0.29, 0.717) is 16.2 Å². The van der Waals surface area contributed by atoms with Gasteiger partial charge < -0.3 is 5.32 Å². The van der Waals surface area contributed by atoms with Crippen molar-refractivity contribution in [2.75, 3.05) is 12.3 Å². The minimum Gasteiger partial charge on any atom is -0.305 e. The van der Waals surface area contributed by atoms with Crippen LogP contribution in [-0.4, -0.2) is 23.4 Å². The van der Waals surface area contributed by atoms with Crippen LogP contribution in [0, 0.1) is 10.1 Å². The first kappa shape index (κ1) is 15.8. The Morgan fingerprint density at radius 3 is 2.63 bits per heavy atom. The molecule has 0 saturated heterocycles. The first-order valence-corrected chi connectivity index (χ1v) is 6.49. The Kier molecular flexibility index (Phi) is 5.61. The summed E-state index contributed by atoms with van der Waals surface area (Å²) in [5.74, 6) is 0.687. The number of halogens is 3. The Morgan fingerprint density at radius 1 is 1.42 bits per heavy atom. The lowest BCUT2D eigenvalue weighted by Crippen LogP contribution is -2.28. The molecule has 0 atom stereocenters. The summed E-state index contributed by atoms with van der Waals surface area (Å²) in [4.78, 5) is 10.9. The molecular formula is C11H13F3N2O2S. The smallest absolute Gasteiger partial charge is 0.305 e. The number of thioether (sulfide) groups is 1. The van der Waals surface area contributed by atoms with Gasteiger partial charge in [0.15, 0.2) is 0 Å². The number of nitrogens with one attached hydrogen (secondary N) is 1. The molecule has 0 spiro atoms. The molecule has 0 saturated carbocycles. The normalized spacial score (nSPS) is 11.6. The molecule has 0 unspecified atom stereocenters. The summed E-state index contributed by atoms with van der Waals surface area (Å²) >= 11 is 1.32. The molecule has 0 radical (unpaired) electrons. The number of hydrogen-bond acceptors (Lipinski definition) is 4. The second-order valence-electron chi connectivity index (χ2n) is 3.71. The van der Waals surface area contributed by atoms with Crippen molar-refractivity contribution >= 4 is 17.4 Å². The van der Waals surface area contributed by atoms with Gasteiger partial charge in [0.05, 0.1) is 16.4 Å². The van der Waals surface area contributed by atoms with Gasteiger partial charge in [0.1, 0.15) is 0 Å². The third kappa shape index (κ3) is 5.48. The molecule has 8 heteroatoms. The first-order valence-electron chi connectivity index (χ1n) is 5.51.